The minimum absolute atomic E-state index is 0.106. The number of likely N-dealkylation sites (N-methyl/N-ethyl adjacent to an activating group) is 1. The fourth-order valence-corrected chi connectivity index (χ4v) is 3.89. The van der Waals surface area contributed by atoms with E-state index < -0.39 is 6.09 Å². The summed E-state index contributed by atoms with van der Waals surface area (Å²) in [6.45, 7) is 6.70. The number of nitrogens with one attached hydrogen (secondary N) is 2. The highest BCUT2D eigenvalue weighted by Gasteiger charge is 2.32. The number of urea groups is 1. The molecule has 0 aromatic heterocycles. The van der Waals surface area contributed by atoms with E-state index in [-0.39, 0.29) is 12.1 Å². The van der Waals surface area contributed by atoms with Gasteiger partial charge < -0.3 is 15.0 Å². The number of nitrogens with zero attached hydrogens (tertiary/aromatic N) is 2. The van der Waals surface area contributed by atoms with E-state index in [0.717, 1.165) is 19.5 Å². The summed E-state index contributed by atoms with van der Waals surface area (Å²) in [5.41, 5.74) is 2.58. The van der Waals surface area contributed by atoms with E-state index >= 15 is 0 Å². The molecule has 0 bridgehead atoms. The lowest BCUT2D eigenvalue weighted by molar-refractivity contribution is 0.183. The van der Waals surface area contributed by atoms with Gasteiger partial charge in [0, 0.05) is 43.1 Å². The van der Waals surface area contributed by atoms with Crippen LogP contribution < -0.4 is 10.6 Å². The fourth-order valence-electron chi connectivity index (χ4n) is 3.89. The average molecular weight is 411 g/mol. The molecule has 0 aliphatic carbocycles. The second-order valence-corrected chi connectivity index (χ2v) is 7.43. The highest BCUT2D eigenvalue weighted by Crippen LogP contribution is 2.27. The quantitative estimate of drug-likeness (QED) is 0.732. The maximum absolute atomic E-state index is 12.9. The molecule has 30 heavy (non-hydrogen) atoms. The van der Waals surface area contributed by atoms with Crippen molar-refractivity contribution in [2.75, 3.05) is 37.4 Å². The third kappa shape index (κ3) is 5.30. The predicted octanol–water partition coefficient (Wildman–Crippen LogP) is 4.55. The Balaban J connectivity index is 1.58. The lowest BCUT2D eigenvalue weighted by Crippen LogP contribution is -2.44. The second kappa shape index (κ2) is 10.1. The lowest BCUT2D eigenvalue weighted by Gasteiger charge is -2.30. The monoisotopic (exact) mass is 410 g/mol. The molecular weight excluding hydrogens is 380 g/mol. The molecule has 1 saturated heterocycles. The molecule has 0 radical (unpaired) electrons. The number of benzene rings is 2. The van der Waals surface area contributed by atoms with Gasteiger partial charge in [0.1, 0.15) is 0 Å². The second-order valence-electron chi connectivity index (χ2n) is 7.43. The Morgan fingerprint density at radius 1 is 1.10 bits per heavy atom. The number of anilines is 2. The van der Waals surface area contributed by atoms with Crippen molar-refractivity contribution in [2.45, 2.75) is 32.4 Å². The first-order chi connectivity index (χ1) is 14.5. The van der Waals surface area contributed by atoms with E-state index in [9.17, 15) is 9.59 Å². The summed E-state index contributed by atoms with van der Waals surface area (Å²) in [7, 11) is 1.31. The molecule has 7 heteroatoms. The molecule has 2 aromatic rings. The van der Waals surface area contributed by atoms with Crippen molar-refractivity contribution in [3.8, 4) is 0 Å². The van der Waals surface area contributed by atoms with Gasteiger partial charge in [-0.3, -0.25) is 10.2 Å². The summed E-state index contributed by atoms with van der Waals surface area (Å²) in [5.74, 6) is 0. The van der Waals surface area contributed by atoms with E-state index in [2.05, 4.69) is 51.5 Å². The number of ether oxygens (including phenoxy) is 1. The number of methoxy groups -OCH3 is 1. The number of amides is 3. The van der Waals surface area contributed by atoms with Crippen LogP contribution in [-0.2, 0) is 4.74 Å². The van der Waals surface area contributed by atoms with Crippen LogP contribution in [0.15, 0.2) is 54.6 Å². The van der Waals surface area contributed by atoms with Crippen molar-refractivity contribution >= 4 is 23.5 Å². The molecule has 0 unspecified atom stereocenters. The van der Waals surface area contributed by atoms with Crippen molar-refractivity contribution in [1.82, 2.24) is 9.80 Å². The Kier molecular flexibility index (Phi) is 7.30. The molecule has 2 aromatic carbocycles. The summed E-state index contributed by atoms with van der Waals surface area (Å²) in [4.78, 5) is 28.5. The predicted molar refractivity (Wildman–Crippen MR) is 119 cm³/mol. The van der Waals surface area contributed by atoms with Gasteiger partial charge in [0.25, 0.3) is 0 Å². The van der Waals surface area contributed by atoms with E-state index in [1.54, 1.807) is 24.3 Å². The molecule has 3 rings (SSSR count). The summed E-state index contributed by atoms with van der Waals surface area (Å²) in [5, 5.41) is 5.55. The van der Waals surface area contributed by atoms with Crippen LogP contribution in [0.25, 0.3) is 0 Å². The summed E-state index contributed by atoms with van der Waals surface area (Å²) in [6, 6.07) is 17.8. The molecule has 0 spiro atoms. The molecular formula is C23H30N4O3. The van der Waals surface area contributed by atoms with Crippen LogP contribution in [0, 0.1) is 0 Å². The number of hydrogen-bond donors (Lipinski definition) is 2. The molecule has 160 valence electrons. The number of carbonyl (C=O) groups is 2. The topological polar surface area (TPSA) is 73.9 Å². The van der Waals surface area contributed by atoms with Crippen molar-refractivity contribution in [1.29, 1.82) is 0 Å². The molecule has 2 N–H and O–H groups in total. The number of carbonyl (C=O) groups excluding carboxylic acids is 2. The molecule has 1 aliphatic heterocycles. The maximum atomic E-state index is 12.9. The first-order valence-corrected chi connectivity index (χ1v) is 10.3. The van der Waals surface area contributed by atoms with E-state index in [1.165, 1.54) is 12.7 Å². The molecule has 0 saturated carbocycles. The van der Waals surface area contributed by atoms with E-state index in [4.69, 9.17) is 0 Å². The standard InChI is InChI=1S/C23H30N4O3/c1-4-27(21-14-15-26(16-21)17(2)18-8-6-5-7-9-18)22(28)24-19-10-12-20(13-11-19)25-23(29)30-3/h5-13,17,21H,4,14-16H2,1-3H3,(H,24,28)(H,25,29)/t17-,21+/m1/s1. The van der Waals surface area contributed by atoms with E-state index in [1.807, 2.05) is 17.9 Å². The van der Waals surface area contributed by atoms with Crippen LogP contribution in [0.1, 0.15) is 31.9 Å². The first kappa shape index (κ1) is 21.6. The smallest absolute Gasteiger partial charge is 0.411 e. The van der Waals surface area contributed by atoms with Gasteiger partial charge in [-0.15, -0.1) is 0 Å². The van der Waals surface area contributed by atoms with Crippen LogP contribution in [0.4, 0.5) is 21.0 Å². The zero-order valence-electron chi connectivity index (χ0n) is 17.8. The van der Waals surface area contributed by atoms with Gasteiger partial charge in [0.15, 0.2) is 0 Å². The van der Waals surface area contributed by atoms with Gasteiger partial charge >= 0.3 is 12.1 Å². The van der Waals surface area contributed by atoms with Crippen LogP contribution in [-0.4, -0.2) is 54.7 Å². The van der Waals surface area contributed by atoms with Crippen LogP contribution in [0.3, 0.4) is 0 Å². The third-order valence-corrected chi connectivity index (χ3v) is 5.63. The fraction of sp³-hybridized carbons (Fsp3) is 0.391. The first-order valence-electron chi connectivity index (χ1n) is 10.3. The van der Waals surface area contributed by atoms with Gasteiger partial charge in [-0.2, -0.15) is 0 Å². The Morgan fingerprint density at radius 2 is 1.73 bits per heavy atom. The van der Waals surface area contributed by atoms with Crippen molar-refractivity contribution < 1.29 is 14.3 Å². The van der Waals surface area contributed by atoms with Gasteiger partial charge in [0.2, 0.25) is 0 Å². The number of hydrogen-bond acceptors (Lipinski definition) is 4. The third-order valence-electron chi connectivity index (χ3n) is 5.63. The SMILES string of the molecule is CCN(C(=O)Nc1ccc(NC(=O)OC)cc1)[C@H]1CCN([C@H](C)c2ccccc2)C1. The van der Waals surface area contributed by atoms with Gasteiger partial charge in [-0.05, 0) is 50.1 Å². The van der Waals surface area contributed by atoms with Crippen LogP contribution in [0.5, 0.6) is 0 Å². The Morgan fingerprint density at radius 3 is 2.33 bits per heavy atom. The molecule has 1 aliphatic rings. The largest absolute Gasteiger partial charge is 0.453 e. The molecule has 2 atom stereocenters. The average Bonchev–Trinajstić information content (AvgIpc) is 3.25. The molecule has 7 nitrogen and oxygen atoms in total. The highest BCUT2D eigenvalue weighted by molar-refractivity contribution is 5.90. The van der Waals surface area contributed by atoms with Crippen molar-refractivity contribution in [3.05, 3.63) is 60.2 Å². The maximum Gasteiger partial charge on any atom is 0.411 e. The van der Waals surface area contributed by atoms with Gasteiger partial charge in [0.05, 0.1) is 7.11 Å². The number of rotatable bonds is 6. The van der Waals surface area contributed by atoms with Crippen LogP contribution in [0.2, 0.25) is 0 Å². The minimum Gasteiger partial charge on any atom is -0.453 e. The molecule has 1 heterocycles. The van der Waals surface area contributed by atoms with Crippen LogP contribution >= 0.6 is 0 Å². The van der Waals surface area contributed by atoms with Gasteiger partial charge in [-0.25, -0.2) is 9.59 Å². The Bertz CT molecular complexity index is 841. The zero-order valence-corrected chi connectivity index (χ0v) is 17.8. The molecule has 3 amide bonds. The molecule has 1 fully saturated rings. The summed E-state index contributed by atoms with van der Waals surface area (Å²) in [6.07, 6.45) is 0.430. The number of likely N-dealkylation sites (tertiary alicyclic amines) is 1. The summed E-state index contributed by atoms with van der Waals surface area (Å²) < 4.78 is 4.58. The zero-order chi connectivity index (χ0) is 21.5. The lowest BCUT2D eigenvalue weighted by atomic mass is 10.1. The Hall–Kier alpha value is -3.06. The normalized spacial score (nSPS) is 17.2. The van der Waals surface area contributed by atoms with Crippen molar-refractivity contribution in [2.24, 2.45) is 0 Å². The minimum atomic E-state index is -0.528. The summed E-state index contributed by atoms with van der Waals surface area (Å²) >= 11 is 0. The van der Waals surface area contributed by atoms with E-state index in [0.29, 0.717) is 24.0 Å². The van der Waals surface area contributed by atoms with Gasteiger partial charge in [-0.1, -0.05) is 30.3 Å². The Labute approximate surface area is 178 Å². The van der Waals surface area contributed by atoms with Crippen molar-refractivity contribution in [3.63, 3.8) is 0 Å². The highest BCUT2D eigenvalue weighted by atomic mass is 16.5.